The number of hydrogen-bond acceptors (Lipinski definition) is 3. The zero-order chi connectivity index (χ0) is 16.7. The van der Waals surface area contributed by atoms with Gasteiger partial charge in [-0.25, -0.2) is 4.72 Å². The summed E-state index contributed by atoms with van der Waals surface area (Å²) in [4.78, 5) is 12.0. The van der Waals surface area contributed by atoms with Gasteiger partial charge in [0.2, 0.25) is 5.91 Å². The average Bonchev–Trinajstić information content (AvgIpc) is 2.56. The predicted molar refractivity (Wildman–Crippen MR) is 90.0 cm³/mol. The van der Waals surface area contributed by atoms with Crippen molar-refractivity contribution in [1.29, 1.82) is 0 Å². The van der Waals surface area contributed by atoms with E-state index >= 15 is 0 Å². The third-order valence-electron chi connectivity index (χ3n) is 4.29. The Balaban J connectivity index is 1.89. The molecule has 2 rings (SSSR count). The molecule has 1 aromatic rings. The zero-order valence-corrected chi connectivity index (χ0v) is 14.2. The van der Waals surface area contributed by atoms with Crippen LogP contribution in [0.2, 0.25) is 0 Å². The van der Waals surface area contributed by atoms with Crippen molar-refractivity contribution in [3.8, 4) is 0 Å². The van der Waals surface area contributed by atoms with E-state index in [9.17, 15) is 13.2 Å². The molecule has 23 heavy (non-hydrogen) atoms. The summed E-state index contributed by atoms with van der Waals surface area (Å²) in [5.74, 6) is 0.116. The van der Waals surface area contributed by atoms with Crippen LogP contribution < -0.4 is 14.8 Å². The Bertz CT molecular complexity index is 604. The Morgan fingerprint density at radius 1 is 1.17 bits per heavy atom. The minimum atomic E-state index is -3.58. The predicted octanol–water partition coefficient (Wildman–Crippen LogP) is 0.958. The van der Waals surface area contributed by atoms with E-state index in [1.54, 1.807) is 0 Å². The minimum Gasteiger partial charge on any atom is -0.352 e. The number of nitrogens with one attached hydrogen (secondary N) is 3. The van der Waals surface area contributed by atoms with Crippen molar-refractivity contribution in [3.05, 3.63) is 35.9 Å². The third kappa shape index (κ3) is 5.93. The molecule has 0 unspecified atom stereocenters. The summed E-state index contributed by atoms with van der Waals surface area (Å²) in [6.07, 6.45) is 5.24. The van der Waals surface area contributed by atoms with Gasteiger partial charge in [-0.3, -0.25) is 4.79 Å². The van der Waals surface area contributed by atoms with Gasteiger partial charge in [-0.05, 0) is 30.7 Å². The van der Waals surface area contributed by atoms with Crippen molar-refractivity contribution in [2.75, 3.05) is 13.6 Å². The standard InChI is InChI=1S/C16H25N3O3S/c1-17-23(21,22)18-12-16(20)19-15-10-6-5-9-14(15)11-13-7-3-2-4-8-13/h2-4,7-8,14-15,17-18H,5-6,9-12H2,1H3,(H,19,20)/t14-,15+/m0/s1. The number of amides is 1. The molecule has 6 nitrogen and oxygen atoms in total. The van der Waals surface area contributed by atoms with E-state index in [0.717, 1.165) is 25.7 Å². The summed E-state index contributed by atoms with van der Waals surface area (Å²) in [7, 11) is -2.28. The Hall–Kier alpha value is -1.44. The van der Waals surface area contributed by atoms with Crippen LogP contribution in [0.25, 0.3) is 0 Å². The van der Waals surface area contributed by atoms with Crippen molar-refractivity contribution < 1.29 is 13.2 Å². The molecular formula is C16H25N3O3S. The minimum absolute atomic E-state index is 0.107. The van der Waals surface area contributed by atoms with Crippen LogP contribution in [-0.2, 0) is 21.4 Å². The highest BCUT2D eigenvalue weighted by Crippen LogP contribution is 2.27. The molecule has 1 aliphatic rings. The maximum absolute atomic E-state index is 12.0. The second-order valence-corrected chi connectivity index (χ2v) is 7.64. The van der Waals surface area contributed by atoms with Crippen LogP contribution in [-0.4, -0.2) is 34.0 Å². The molecule has 128 valence electrons. The highest BCUT2D eigenvalue weighted by molar-refractivity contribution is 7.87. The summed E-state index contributed by atoms with van der Waals surface area (Å²) in [5, 5.41) is 2.99. The lowest BCUT2D eigenvalue weighted by molar-refractivity contribution is -0.121. The molecule has 0 bridgehead atoms. The summed E-state index contributed by atoms with van der Waals surface area (Å²) < 4.78 is 26.9. The van der Waals surface area contributed by atoms with Gasteiger partial charge in [0, 0.05) is 13.1 Å². The van der Waals surface area contributed by atoms with E-state index in [-0.39, 0.29) is 18.5 Å². The number of carbonyl (C=O) groups is 1. The van der Waals surface area contributed by atoms with Crippen LogP contribution >= 0.6 is 0 Å². The van der Waals surface area contributed by atoms with Crippen molar-refractivity contribution in [2.45, 2.75) is 38.1 Å². The van der Waals surface area contributed by atoms with E-state index in [1.807, 2.05) is 18.2 Å². The van der Waals surface area contributed by atoms with Gasteiger partial charge < -0.3 is 5.32 Å². The molecule has 1 amide bonds. The highest BCUT2D eigenvalue weighted by atomic mass is 32.2. The van der Waals surface area contributed by atoms with Gasteiger partial charge >= 0.3 is 0 Å². The molecular weight excluding hydrogens is 314 g/mol. The molecule has 0 radical (unpaired) electrons. The smallest absolute Gasteiger partial charge is 0.277 e. The fourth-order valence-electron chi connectivity index (χ4n) is 3.05. The lowest BCUT2D eigenvalue weighted by atomic mass is 9.80. The molecule has 0 spiro atoms. The largest absolute Gasteiger partial charge is 0.352 e. The molecule has 2 atom stereocenters. The maximum Gasteiger partial charge on any atom is 0.277 e. The van der Waals surface area contributed by atoms with Gasteiger partial charge in [-0.15, -0.1) is 0 Å². The first-order valence-corrected chi connectivity index (χ1v) is 9.50. The fraction of sp³-hybridized carbons (Fsp3) is 0.562. The highest BCUT2D eigenvalue weighted by Gasteiger charge is 2.26. The number of hydrogen-bond donors (Lipinski definition) is 3. The summed E-state index contributed by atoms with van der Waals surface area (Å²) in [6.45, 7) is -0.238. The van der Waals surface area contributed by atoms with Gasteiger partial charge in [0.05, 0.1) is 6.54 Å². The van der Waals surface area contributed by atoms with Gasteiger partial charge in [-0.2, -0.15) is 13.1 Å². The SMILES string of the molecule is CNS(=O)(=O)NCC(=O)N[C@@H]1CCCC[C@H]1Cc1ccccc1. The number of rotatable bonds is 7. The molecule has 3 N–H and O–H groups in total. The Morgan fingerprint density at radius 2 is 1.87 bits per heavy atom. The van der Waals surface area contributed by atoms with Crippen molar-refractivity contribution in [1.82, 2.24) is 14.8 Å². The lowest BCUT2D eigenvalue weighted by Crippen LogP contribution is -2.48. The fourth-order valence-corrected chi connectivity index (χ4v) is 3.51. The molecule has 0 aliphatic heterocycles. The van der Waals surface area contributed by atoms with Gasteiger partial charge in [-0.1, -0.05) is 43.2 Å². The molecule has 1 fully saturated rings. The molecule has 1 aliphatic carbocycles. The average molecular weight is 339 g/mol. The van der Waals surface area contributed by atoms with Crippen LogP contribution in [0.4, 0.5) is 0 Å². The van der Waals surface area contributed by atoms with E-state index in [1.165, 1.54) is 19.0 Å². The molecule has 1 aromatic carbocycles. The third-order valence-corrected chi connectivity index (χ3v) is 5.35. The van der Waals surface area contributed by atoms with E-state index in [0.29, 0.717) is 5.92 Å². The molecule has 7 heteroatoms. The summed E-state index contributed by atoms with van der Waals surface area (Å²) >= 11 is 0. The van der Waals surface area contributed by atoms with E-state index in [2.05, 4.69) is 26.9 Å². The maximum atomic E-state index is 12.0. The second kappa shape index (κ2) is 8.42. The number of carbonyl (C=O) groups excluding carboxylic acids is 1. The van der Waals surface area contributed by atoms with Crippen molar-refractivity contribution in [3.63, 3.8) is 0 Å². The van der Waals surface area contributed by atoms with Crippen molar-refractivity contribution in [2.24, 2.45) is 5.92 Å². The van der Waals surface area contributed by atoms with Crippen LogP contribution in [0.1, 0.15) is 31.2 Å². The summed E-state index contributed by atoms with van der Waals surface area (Å²) in [6, 6.07) is 10.4. The first kappa shape index (κ1) is 17.9. The molecule has 1 saturated carbocycles. The van der Waals surface area contributed by atoms with Crippen molar-refractivity contribution >= 4 is 16.1 Å². The normalized spacial score (nSPS) is 21.8. The first-order chi connectivity index (χ1) is 11.0. The van der Waals surface area contributed by atoms with Crippen LogP contribution in [0.3, 0.4) is 0 Å². The Kier molecular flexibility index (Phi) is 6.56. The topological polar surface area (TPSA) is 87.3 Å². The zero-order valence-electron chi connectivity index (χ0n) is 13.4. The van der Waals surface area contributed by atoms with Crippen LogP contribution in [0.15, 0.2) is 30.3 Å². The van der Waals surface area contributed by atoms with Gasteiger partial charge in [0.25, 0.3) is 10.2 Å². The lowest BCUT2D eigenvalue weighted by Gasteiger charge is -2.32. The van der Waals surface area contributed by atoms with Crippen LogP contribution in [0.5, 0.6) is 0 Å². The Labute approximate surface area is 138 Å². The molecule has 0 saturated heterocycles. The first-order valence-electron chi connectivity index (χ1n) is 8.01. The Morgan fingerprint density at radius 3 is 2.57 bits per heavy atom. The monoisotopic (exact) mass is 339 g/mol. The second-order valence-electron chi connectivity index (χ2n) is 5.94. The van der Waals surface area contributed by atoms with Crippen LogP contribution in [0, 0.1) is 5.92 Å². The van der Waals surface area contributed by atoms with E-state index < -0.39 is 10.2 Å². The van der Waals surface area contributed by atoms with Gasteiger partial charge in [0.15, 0.2) is 0 Å². The van der Waals surface area contributed by atoms with E-state index in [4.69, 9.17) is 0 Å². The molecule has 0 aromatic heterocycles. The quantitative estimate of drug-likeness (QED) is 0.691. The number of benzene rings is 1. The summed E-state index contributed by atoms with van der Waals surface area (Å²) in [5.41, 5.74) is 1.27. The molecule has 0 heterocycles. The van der Waals surface area contributed by atoms with Gasteiger partial charge in [0.1, 0.15) is 0 Å².